The van der Waals surface area contributed by atoms with Gasteiger partial charge in [-0.25, -0.2) is 0 Å². The van der Waals surface area contributed by atoms with Gasteiger partial charge in [0.25, 0.3) is 0 Å². The molecule has 0 aromatic heterocycles. The number of hydrogen-bond donors (Lipinski definition) is 0. The van der Waals surface area contributed by atoms with Crippen LogP contribution in [-0.4, -0.2) is 38.6 Å². The normalized spacial score (nSPS) is 45.9. The maximum Gasteiger partial charge on any atom is 0.112 e. The highest BCUT2D eigenvalue weighted by Gasteiger charge is 2.41. The Hall–Kier alpha value is -0.120. The first-order chi connectivity index (χ1) is 4.92. The fraction of sp³-hybridized carbons (Fsp3) is 1.00. The zero-order valence-electron chi connectivity index (χ0n) is 6.08. The van der Waals surface area contributed by atoms with Crippen molar-refractivity contribution >= 4 is 0 Å². The minimum atomic E-state index is 0.174. The summed E-state index contributed by atoms with van der Waals surface area (Å²) in [4.78, 5) is 0. The van der Waals surface area contributed by atoms with E-state index in [1.807, 2.05) is 0 Å². The predicted molar refractivity (Wildman–Crippen MR) is 34.9 cm³/mol. The Morgan fingerprint density at radius 2 is 2.30 bits per heavy atom. The third-order valence-electron chi connectivity index (χ3n) is 2.22. The molecule has 2 fully saturated rings. The summed E-state index contributed by atoms with van der Waals surface area (Å²) in [7, 11) is 1.71. The minimum absolute atomic E-state index is 0.174. The summed E-state index contributed by atoms with van der Waals surface area (Å²) in [6.45, 7) is 1.53. The lowest BCUT2D eigenvalue weighted by Crippen LogP contribution is -2.28. The van der Waals surface area contributed by atoms with E-state index in [9.17, 15) is 0 Å². The third-order valence-corrected chi connectivity index (χ3v) is 2.22. The summed E-state index contributed by atoms with van der Waals surface area (Å²) in [6.07, 6.45) is 1.73. The SMILES string of the molecule is COC1COC2CCOC12. The van der Waals surface area contributed by atoms with Gasteiger partial charge < -0.3 is 14.2 Å². The average Bonchev–Trinajstić information content (AvgIpc) is 2.44. The first-order valence-electron chi connectivity index (χ1n) is 3.68. The molecule has 3 unspecified atom stereocenters. The highest BCUT2D eigenvalue weighted by atomic mass is 16.6. The highest BCUT2D eigenvalue weighted by Crippen LogP contribution is 2.27. The molecule has 58 valence electrons. The Balaban J connectivity index is 2.01. The standard InChI is InChI=1S/C7H12O3/c1-8-6-4-10-5-2-3-9-7(5)6/h5-7H,2-4H2,1H3. The van der Waals surface area contributed by atoms with Crippen LogP contribution in [0.4, 0.5) is 0 Å². The summed E-state index contributed by atoms with van der Waals surface area (Å²) in [6, 6.07) is 0. The van der Waals surface area contributed by atoms with E-state index in [4.69, 9.17) is 14.2 Å². The monoisotopic (exact) mass is 144 g/mol. The summed E-state index contributed by atoms with van der Waals surface area (Å²) < 4.78 is 16.0. The molecule has 0 aliphatic carbocycles. The zero-order chi connectivity index (χ0) is 6.97. The van der Waals surface area contributed by atoms with Gasteiger partial charge in [0.05, 0.1) is 12.7 Å². The van der Waals surface area contributed by atoms with E-state index < -0.39 is 0 Å². The fourth-order valence-corrected chi connectivity index (χ4v) is 1.63. The largest absolute Gasteiger partial charge is 0.376 e. The Morgan fingerprint density at radius 1 is 1.40 bits per heavy atom. The quantitative estimate of drug-likeness (QED) is 0.525. The second kappa shape index (κ2) is 2.49. The lowest BCUT2D eigenvalue weighted by molar-refractivity contribution is -0.00727. The van der Waals surface area contributed by atoms with Crippen molar-refractivity contribution < 1.29 is 14.2 Å². The van der Waals surface area contributed by atoms with Crippen molar-refractivity contribution in [2.45, 2.75) is 24.7 Å². The van der Waals surface area contributed by atoms with Crippen molar-refractivity contribution in [3.8, 4) is 0 Å². The number of ether oxygens (including phenoxy) is 3. The molecular formula is C7H12O3. The van der Waals surface area contributed by atoms with E-state index in [0.717, 1.165) is 13.0 Å². The maximum atomic E-state index is 5.43. The molecule has 10 heavy (non-hydrogen) atoms. The fourth-order valence-electron chi connectivity index (χ4n) is 1.63. The molecule has 2 aliphatic rings. The van der Waals surface area contributed by atoms with Crippen LogP contribution in [0.15, 0.2) is 0 Å². The number of methoxy groups -OCH3 is 1. The van der Waals surface area contributed by atoms with Crippen LogP contribution in [0.2, 0.25) is 0 Å². The molecule has 3 nitrogen and oxygen atoms in total. The van der Waals surface area contributed by atoms with Gasteiger partial charge in [0.1, 0.15) is 12.2 Å². The van der Waals surface area contributed by atoms with E-state index >= 15 is 0 Å². The van der Waals surface area contributed by atoms with Gasteiger partial charge >= 0.3 is 0 Å². The van der Waals surface area contributed by atoms with Crippen LogP contribution >= 0.6 is 0 Å². The molecule has 0 N–H and O–H groups in total. The Labute approximate surface area is 60.3 Å². The minimum Gasteiger partial charge on any atom is -0.376 e. The second-order valence-corrected chi connectivity index (χ2v) is 2.77. The topological polar surface area (TPSA) is 27.7 Å². The van der Waals surface area contributed by atoms with Gasteiger partial charge in [0, 0.05) is 13.7 Å². The molecule has 2 heterocycles. The first-order valence-corrected chi connectivity index (χ1v) is 3.68. The van der Waals surface area contributed by atoms with Crippen molar-refractivity contribution in [1.82, 2.24) is 0 Å². The first kappa shape index (κ1) is 6.58. The van der Waals surface area contributed by atoms with Crippen molar-refractivity contribution in [2.75, 3.05) is 20.3 Å². The van der Waals surface area contributed by atoms with Gasteiger partial charge in [0.2, 0.25) is 0 Å². The molecule has 3 atom stereocenters. The number of rotatable bonds is 1. The van der Waals surface area contributed by atoms with Crippen LogP contribution in [0.25, 0.3) is 0 Å². The van der Waals surface area contributed by atoms with Crippen molar-refractivity contribution in [1.29, 1.82) is 0 Å². The van der Waals surface area contributed by atoms with Crippen molar-refractivity contribution in [2.24, 2.45) is 0 Å². The molecule has 3 heteroatoms. The molecule has 0 spiro atoms. The summed E-state index contributed by atoms with van der Waals surface area (Å²) >= 11 is 0. The van der Waals surface area contributed by atoms with E-state index in [1.165, 1.54) is 0 Å². The van der Waals surface area contributed by atoms with Gasteiger partial charge in [-0.15, -0.1) is 0 Å². The maximum absolute atomic E-state index is 5.43. The van der Waals surface area contributed by atoms with Gasteiger partial charge in [0.15, 0.2) is 0 Å². The average molecular weight is 144 g/mol. The molecule has 0 amide bonds. The Morgan fingerprint density at radius 3 is 3.10 bits per heavy atom. The van der Waals surface area contributed by atoms with Crippen LogP contribution in [0.3, 0.4) is 0 Å². The smallest absolute Gasteiger partial charge is 0.112 e. The third kappa shape index (κ3) is 0.856. The van der Waals surface area contributed by atoms with Gasteiger partial charge in [-0.1, -0.05) is 0 Å². The number of fused-ring (bicyclic) bond motifs is 1. The molecule has 2 rings (SSSR count). The summed E-state index contributed by atoms with van der Waals surface area (Å²) in [5.41, 5.74) is 0. The van der Waals surface area contributed by atoms with Crippen LogP contribution in [0.5, 0.6) is 0 Å². The Bertz CT molecular complexity index is 126. The van der Waals surface area contributed by atoms with E-state index in [2.05, 4.69) is 0 Å². The van der Waals surface area contributed by atoms with Gasteiger partial charge in [-0.3, -0.25) is 0 Å². The molecule has 0 aromatic rings. The predicted octanol–water partition coefficient (Wildman–Crippen LogP) is 0.189. The highest BCUT2D eigenvalue weighted by molar-refractivity contribution is 4.89. The summed E-state index contributed by atoms with van der Waals surface area (Å²) in [5.74, 6) is 0. The van der Waals surface area contributed by atoms with Crippen LogP contribution in [-0.2, 0) is 14.2 Å². The Kier molecular flexibility index (Phi) is 1.64. The zero-order valence-corrected chi connectivity index (χ0v) is 6.08. The second-order valence-electron chi connectivity index (χ2n) is 2.77. The molecule has 0 bridgehead atoms. The molecule has 0 saturated carbocycles. The lowest BCUT2D eigenvalue weighted by atomic mass is 10.1. The van der Waals surface area contributed by atoms with E-state index in [1.54, 1.807) is 7.11 Å². The van der Waals surface area contributed by atoms with Crippen LogP contribution in [0.1, 0.15) is 6.42 Å². The van der Waals surface area contributed by atoms with E-state index in [0.29, 0.717) is 12.7 Å². The van der Waals surface area contributed by atoms with Gasteiger partial charge in [-0.05, 0) is 6.42 Å². The molecule has 0 radical (unpaired) electrons. The van der Waals surface area contributed by atoms with Gasteiger partial charge in [-0.2, -0.15) is 0 Å². The molecule has 0 aromatic carbocycles. The molecule has 2 saturated heterocycles. The number of hydrogen-bond acceptors (Lipinski definition) is 3. The van der Waals surface area contributed by atoms with Crippen LogP contribution < -0.4 is 0 Å². The van der Waals surface area contributed by atoms with Crippen molar-refractivity contribution in [3.05, 3.63) is 0 Å². The molecular weight excluding hydrogens is 132 g/mol. The lowest BCUT2D eigenvalue weighted by Gasteiger charge is -2.12. The molecule has 2 aliphatic heterocycles. The van der Waals surface area contributed by atoms with E-state index in [-0.39, 0.29) is 12.2 Å². The summed E-state index contributed by atoms with van der Waals surface area (Å²) in [5, 5.41) is 0. The van der Waals surface area contributed by atoms with Crippen molar-refractivity contribution in [3.63, 3.8) is 0 Å². The van der Waals surface area contributed by atoms with Crippen LogP contribution in [0, 0.1) is 0 Å².